The SMILES string of the molecule is CC(=O)/C=C(/C)O.Cn1ccnc1-c1[c-]cccc1-c1ccccc1.[Ir]. The first-order valence-electron chi connectivity index (χ1n) is 7.90. The number of hydrogen-bond donors (Lipinski definition) is 1. The van der Waals surface area contributed by atoms with Crippen LogP contribution in [0.4, 0.5) is 0 Å². The summed E-state index contributed by atoms with van der Waals surface area (Å²) in [6.45, 7) is 2.85. The summed E-state index contributed by atoms with van der Waals surface area (Å²) in [5, 5.41) is 8.36. The first-order chi connectivity index (χ1) is 12.0. The zero-order valence-electron chi connectivity index (χ0n) is 14.9. The van der Waals surface area contributed by atoms with Gasteiger partial charge in [0.1, 0.15) is 0 Å². The van der Waals surface area contributed by atoms with Gasteiger partial charge in [-0.2, -0.15) is 0 Å². The van der Waals surface area contributed by atoms with Gasteiger partial charge >= 0.3 is 0 Å². The molecule has 0 saturated heterocycles. The molecule has 0 bridgehead atoms. The van der Waals surface area contributed by atoms with Gasteiger partial charge < -0.3 is 9.67 Å². The van der Waals surface area contributed by atoms with Crippen LogP contribution in [0.3, 0.4) is 0 Å². The molecule has 0 unspecified atom stereocenters. The van der Waals surface area contributed by atoms with Crippen molar-refractivity contribution in [2.45, 2.75) is 13.8 Å². The molecular weight excluding hydrogens is 504 g/mol. The van der Waals surface area contributed by atoms with Crippen LogP contribution in [0, 0.1) is 6.07 Å². The van der Waals surface area contributed by atoms with Gasteiger partial charge in [-0.25, -0.2) is 0 Å². The molecule has 1 heterocycles. The molecule has 1 radical (unpaired) electrons. The molecule has 0 saturated carbocycles. The summed E-state index contributed by atoms with van der Waals surface area (Å²) in [5.41, 5.74) is 3.39. The Morgan fingerprint density at radius 2 is 1.85 bits per heavy atom. The van der Waals surface area contributed by atoms with E-state index in [4.69, 9.17) is 5.11 Å². The molecule has 0 aliphatic heterocycles. The molecule has 0 aliphatic rings. The number of aliphatic hydroxyl groups is 1. The Morgan fingerprint density at radius 1 is 1.15 bits per heavy atom. The molecule has 3 rings (SSSR count). The Morgan fingerprint density at radius 3 is 2.35 bits per heavy atom. The van der Waals surface area contributed by atoms with Gasteiger partial charge in [0.2, 0.25) is 0 Å². The molecule has 0 spiro atoms. The third-order valence-electron chi connectivity index (χ3n) is 3.40. The van der Waals surface area contributed by atoms with Gasteiger partial charge in [0.25, 0.3) is 0 Å². The summed E-state index contributed by atoms with van der Waals surface area (Å²) >= 11 is 0. The average Bonchev–Trinajstić information content (AvgIpc) is 3.01. The maximum absolute atomic E-state index is 10.0. The van der Waals surface area contributed by atoms with Gasteiger partial charge in [0.15, 0.2) is 5.78 Å². The van der Waals surface area contributed by atoms with E-state index < -0.39 is 0 Å². The number of aromatic nitrogens is 2. The maximum Gasteiger partial charge on any atom is 0.155 e. The first kappa shape index (κ1) is 21.6. The second-order valence-corrected chi connectivity index (χ2v) is 5.58. The van der Waals surface area contributed by atoms with Crippen LogP contribution >= 0.6 is 0 Å². The molecule has 137 valence electrons. The van der Waals surface area contributed by atoms with E-state index in [2.05, 4.69) is 29.2 Å². The van der Waals surface area contributed by atoms with Crippen molar-refractivity contribution in [3.63, 3.8) is 0 Å². The fraction of sp³-hybridized carbons (Fsp3) is 0.143. The summed E-state index contributed by atoms with van der Waals surface area (Å²) in [6.07, 6.45) is 4.93. The predicted molar refractivity (Wildman–Crippen MR) is 100.0 cm³/mol. The predicted octanol–water partition coefficient (Wildman–Crippen LogP) is 4.59. The number of carbonyl (C=O) groups excluding carboxylic acids is 1. The van der Waals surface area contributed by atoms with Crippen molar-refractivity contribution in [2.24, 2.45) is 7.05 Å². The van der Waals surface area contributed by atoms with Crippen molar-refractivity contribution < 1.29 is 30.0 Å². The molecule has 0 aliphatic carbocycles. The second kappa shape index (κ2) is 10.5. The summed E-state index contributed by atoms with van der Waals surface area (Å²) in [6, 6.07) is 19.7. The number of carbonyl (C=O) groups is 1. The summed E-state index contributed by atoms with van der Waals surface area (Å²) in [5.74, 6) is 0.877. The van der Waals surface area contributed by atoms with Gasteiger partial charge in [-0.3, -0.25) is 9.78 Å². The number of imidazole rings is 1. The molecule has 4 nitrogen and oxygen atoms in total. The van der Waals surface area contributed by atoms with Gasteiger partial charge in [-0.15, -0.1) is 29.8 Å². The number of allylic oxidation sites excluding steroid dienone is 2. The third-order valence-corrected chi connectivity index (χ3v) is 3.40. The smallest absolute Gasteiger partial charge is 0.155 e. The van der Waals surface area contributed by atoms with E-state index in [1.807, 2.05) is 54.3 Å². The van der Waals surface area contributed by atoms with Crippen molar-refractivity contribution in [3.05, 3.63) is 78.8 Å². The van der Waals surface area contributed by atoms with Crippen molar-refractivity contribution >= 4 is 5.78 Å². The molecule has 5 heteroatoms. The Hall–Kier alpha value is -2.49. The van der Waals surface area contributed by atoms with E-state index in [0.717, 1.165) is 17.0 Å². The van der Waals surface area contributed by atoms with Gasteiger partial charge in [-0.1, -0.05) is 41.5 Å². The number of ketones is 1. The van der Waals surface area contributed by atoms with E-state index >= 15 is 0 Å². The van der Waals surface area contributed by atoms with E-state index in [1.54, 1.807) is 0 Å². The molecule has 0 atom stereocenters. The van der Waals surface area contributed by atoms with Crippen LogP contribution in [-0.2, 0) is 31.9 Å². The topological polar surface area (TPSA) is 55.1 Å². The van der Waals surface area contributed by atoms with Gasteiger partial charge in [0, 0.05) is 45.6 Å². The van der Waals surface area contributed by atoms with Crippen molar-refractivity contribution in [1.82, 2.24) is 9.55 Å². The molecule has 1 aromatic heterocycles. The number of aliphatic hydroxyl groups excluding tert-OH is 1. The Bertz CT molecular complexity index is 866. The minimum atomic E-state index is -0.125. The average molecular weight is 526 g/mol. The zero-order chi connectivity index (χ0) is 18.2. The van der Waals surface area contributed by atoms with E-state index in [0.29, 0.717) is 0 Å². The van der Waals surface area contributed by atoms with Crippen LogP contribution in [0.15, 0.2) is 72.8 Å². The van der Waals surface area contributed by atoms with Gasteiger partial charge in [-0.05, 0) is 13.8 Å². The fourth-order valence-electron chi connectivity index (χ4n) is 2.38. The van der Waals surface area contributed by atoms with E-state index in [1.165, 1.54) is 25.5 Å². The van der Waals surface area contributed by atoms with E-state index in [-0.39, 0.29) is 31.6 Å². The van der Waals surface area contributed by atoms with Crippen molar-refractivity contribution in [3.8, 4) is 22.5 Å². The fourth-order valence-corrected chi connectivity index (χ4v) is 2.38. The zero-order valence-corrected chi connectivity index (χ0v) is 17.3. The Labute approximate surface area is 167 Å². The maximum atomic E-state index is 10.0. The number of rotatable bonds is 3. The van der Waals surface area contributed by atoms with Crippen LogP contribution in [0.5, 0.6) is 0 Å². The standard InChI is InChI=1S/C16H13N2.C5H8O2.Ir/c1-18-12-11-17-16(18)15-10-6-5-9-14(15)13-7-3-2-4-8-13;1-4(6)3-5(2)7;/h2-9,11-12H,1H3;3,6H,1-2H3;/q-1;;/b;4-3-;. The molecule has 3 aromatic rings. The van der Waals surface area contributed by atoms with Crippen LogP contribution in [0.1, 0.15) is 13.8 Å². The van der Waals surface area contributed by atoms with Crippen LogP contribution in [0.2, 0.25) is 0 Å². The Balaban J connectivity index is 0.000000366. The first-order valence-corrected chi connectivity index (χ1v) is 7.90. The van der Waals surface area contributed by atoms with E-state index in [9.17, 15) is 4.79 Å². The van der Waals surface area contributed by atoms with Crippen LogP contribution in [0.25, 0.3) is 22.5 Å². The number of nitrogens with zero attached hydrogens (tertiary/aromatic N) is 2. The number of hydrogen-bond acceptors (Lipinski definition) is 3. The minimum Gasteiger partial charge on any atom is -0.512 e. The van der Waals surface area contributed by atoms with Crippen molar-refractivity contribution in [2.75, 3.05) is 0 Å². The molecule has 1 N–H and O–H groups in total. The van der Waals surface area contributed by atoms with Crippen LogP contribution in [-0.4, -0.2) is 20.4 Å². The normalized spacial score (nSPS) is 10.3. The number of benzene rings is 2. The summed E-state index contributed by atoms with van der Waals surface area (Å²) in [7, 11) is 2.00. The minimum absolute atomic E-state index is 0. The summed E-state index contributed by atoms with van der Waals surface area (Å²) in [4.78, 5) is 14.4. The largest absolute Gasteiger partial charge is 0.512 e. The third kappa shape index (κ3) is 6.10. The quantitative estimate of drug-likeness (QED) is 0.309. The molecule has 2 aromatic carbocycles. The van der Waals surface area contributed by atoms with Crippen LogP contribution < -0.4 is 0 Å². The molecule has 26 heavy (non-hydrogen) atoms. The molecule has 0 fully saturated rings. The monoisotopic (exact) mass is 526 g/mol. The molecular formula is C21H21IrN2O2-. The number of aryl methyl sites for hydroxylation is 1. The van der Waals surface area contributed by atoms with Crippen molar-refractivity contribution in [1.29, 1.82) is 0 Å². The van der Waals surface area contributed by atoms with Gasteiger partial charge in [0.05, 0.1) is 11.6 Å². The second-order valence-electron chi connectivity index (χ2n) is 5.58. The Kier molecular flexibility index (Phi) is 8.69. The summed E-state index contributed by atoms with van der Waals surface area (Å²) < 4.78 is 2.01. The molecule has 0 amide bonds.